The minimum absolute atomic E-state index is 0.156. The highest BCUT2D eigenvalue weighted by Crippen LogP contribution is 2.32. The number of hydrogen-bond donors (Lipinski definition) is 2. The molecule has 2 rings (SSSR count). The Kier molecular flexibility index (Phi) is 5.91. The van der Waals surface area contributed by atoms with Gasteiger partial charge in [-0.25, -0.2) is 0 Å². The Bertz CT molecular complexity index is 690. The average Bonchev–Trinajstić information content (AvgIpc) is 2.55. The zero-order valence-corrected chi connectivity index (χ0v) is 13.9. The number of aliphatic hydroxyl groups is 1. The Morgan fingerprint density at radius 2 is 1.79 bits per heavy atom. The molecule has 0 amide bonds. The highest BCUT2D eigenvalue weighted by Gasteiger charge is 2.32. The summed E-state index contributed by atoms with van der Waals surface area (Å²) in [6, 6.07) is 11.2. The van der Waals surface area contributed by atoms with Crippen LogP contribution < -0.4 is 5.73 Å². The van der Waals surface area contributed by atoms with Gasteiger partial charge in [-0.3, -0.25) is 0 Å². The van der Waals surface area contributed by atoms with E-state index >= 15 is 0 Å². The molecule has 130 valence electrons. The van der Waals surface area contributed by atoms with Gasteiger partial charge in [-0.1, -0.05) is 48.9 Å². The Morgan fingerprint density at radius 1 is 1.12 bits per heavy atom. The van der Waals surface area contributed by atoms with Gasteiger partial charge in [-0.05, 0) is 41.7 Å². The van der Waals surface area contributed by atoms with Gasteiger partial charge in [0, 0.05) is 11.1 Å². The van der Waals surface area contributed by atoms with E-state index in [4.69, 9.17) is 17.3 Å². The predicted molar refractivity (Wildman–Crippen MR) is 88.7 cm³/mol. The quantitative estimate of drug-likeness (QED) is 0.821. The van der Waals surface area contributed by atoms with Crippen molar-refractivity contribution < 1.29 is 18.3 Å². The summed E-state index contributed by atoms with van der Waals surface area (Å²) in [5.74, 6) is -0.172. The molecule has 0 aromatic heterocycles. The first-order valence-corrected chi connectivity index (χ1v) is 7.92. The second kappa shape index (κ2) is 7.55. The molecule has 0 radical (unpaired) electrons. The van der Waals surface area contributed by atoms with Gasteiger partial charge in [0.15, 0.2) is 0 Å². The van der Waals surface area contributed by atoms with Gasteiger partial charge in [-0.15, -0.1) is 0 Å². The van der Waals surface area contributed by atoms with E-state index in [0.29, 0.717) is 11.4 Å². The van der Waals surface area contributed by atoms with Crippen molar-refractivity contribution in [3.05, 3.63) is 70.2 Å². The third-order valence-electron chi connectivity index (χ3n) is 4.08. The summed E-state index contributed by atoms with van der Waals surface area (Å²) in [7, 11) is 0. The van der Waals surface area contributed by atoms with Gasteiger partial charge < -0.3 is 10.8 Å². The lowest BCUT2D eigenvalue weighted by Crippen LogP contribution is -2.36. The molecule has 0 aliphatic carbocycles. The average molecular weight is 358 g/mol. The fourth-order valence-corrected chi connectivity index (χ4v) is 2.79. The van der Waals surface area contributed by atoms with Crippen LogP contribution in [0.5, 0.6) is 0 Å². The van der Waals surface area contributed by atoms with E-state index in [1.54, 1.807) is 6.07 Å². The van der Waals surface area contributed by atoms with Crippen LogP contribution in [0.4, 0.5) is 13.2 Å². The van der Waals surface area contributed by atoms with Crippen LogP contribution in [0, 0.1) is 5.92 Å². The first-order chi connectivity index (χ1) is 11.2. The van der Waals surface area contributed by atoms with Gasteiger partial charge >= 0.3 is 6.18 Å². The van der Waals surface area contributed by atoms with Crippen molar-refractivity contribution in [1.29, 1.82) is 0 Å². The van der Waals surface area contributed by atoms with Crippen molar-refractivity contribution in [2.24, 2.45) is 11.7 Å². The van der Waals surface area contributed by atoms with Crippen LogP contribution in [-0.2, 0) is 12.6 Å². The second-order valence-electron chi connectivity index (χ2n) is 5.92. The van der Waals surface area contributed by atoms with E-state index in [-0.39, 0.29) is 11.5 Å². The van der Waals surface area contributed by atoms with Crippen molar-refractivity contribution in [3.63, 3.8) is 0 Å². The van der Waals surface area contributed by atoms with E-state index in [1.165, 1.54) is 12.1 Å². The monoisotopic (exact) mass is 357 g/mol. The zero-order valence-electron chi connectivity index (χ0n) is 13.1. The molecule has 24 heavy (non-hydrogen) atoms. The molecular formula is C18H19ClF3NO. The maximum absolute atomic E-state index is 12.8. The first-order valence-electron chi connectivity index (χ1n) is 7.54. The topological polar surface area (TPSA) is 46.2 Å². The maximum atomic E-state index is 12.8. The first kappa shape index (κ1) is 18.8. The van der Waals surface area contributed by atoms with Crippen molar-refractivity contribution >= 4 is 11.6 Å². The van der Waals surface area contributed by atoms with Crippen LogP contribution in [0.2, 0.25) is 5.02 Å². The minimum Gasteiger partial charge on any atom is -0.387 e. The summed E-state index contributed by atoms with van der Waals surface area (Å²) >= 11 is 6.11. The highest BCUT2D eigenvalue weighted by atomic mass is 35.5. The molecule has 0 bridgehead atoms. The van der Waals surface area contributed by atoms with Crippen molar-refractivity contribution in [1.82, 2.24) is 0 Å². The SMILES string of the molecule is CC(Cc1ccccc1Cl)[C@@H](N)[C@H](O)c1cccc(C(F)(F)F)c1. The van der Waals surface area contributed by atoms with Gasteiger partial charge in [0.25, 0.3) is 0 Å². The van der Waals surface area contributed by atoms with Crippen LogP contribution in [0.25, 0.3) is 0 Å². The lowest BCUT2D eigenvalue weighted by atomic mass is 9.88. The van der Waals surface area contributed by atoms with E-state index in [2.05, 4.69) is 0 Å². The Labute approximate surface area is 144 Å². The molecule has 2 aromatic carbocycles. The third-order valence-corrected chi connectivity index (χ3v) is 4.45. The summed E-state index contributed by atoms with van der Waals surface area (Å²) < 4.78 is 38.4. The third kappa shape index (κ3) is 4.50. The number of alkyl halides is 3. The van der Waals surface area contributed by atoms with Gasteiger partial charge in [0.1, 0.15) is 0 Å². The van der Waals surface area contributed by atoms with Crippen LogP contribution in [0.1, 0.15) is 29.7 Å². The Balaban J connectivity index is 2.14. The maximum Gasteiger partial charge on any atom is 0.416 e. The van der Waals surface area contributed by atoms with E-state index in [1.807, 2.05) is 25.1 Å². The standard InChI is InChI=1S/C18H19ClF3NO/c1-11(9-12-5-2-3-8-15(12)19)16(23)17(24)13-6-4-7-14(10-13)18(20,21)22/h2-8,10-11,16-17,24H,9,23H2,1H3/t11?,16-,17-/m1/s1. The summed E-state index contributed by atoms with van der Waals surface area (Å²) in [5, 5.41) is 11.0. The number of rotatable bonds is 5. The van der Waals surface area contributed by atoms with Crippen molar-refractivity contribution in [2.45, 2.75) is 31.7 Å². The number of aliphatic hydroxyl groups excluding tert-OH is 1. The molecule has 0 aliphatic heterocycles. The van der Waals surface area contributed by atoms with Crippen LogP contribution in [0.15, 0.2) is 48.5 Å². The largest absolute Gasteiger partial charge is 0.416 e. The smallest absolute Gasteiger partial charge is 0.387 e. The van der Waals surface area contributed by atoms with Gasteiger partial charge in [-0.2, -0.15) is 13.2 Å². The van der Waals surface area contributed by atoms with Crippen molar-refractivity contribution in [2.75, 3.05) is 0 Å². The van der Waals surface area contributed by atoms with E-state index in [0.717, 1.165) is 17.7 Å². The molecule has 0 saturated heterocycles. The van der Waals surface area contributed by atoms with E-state index < -0.39 is 23.9 Å². The fourth-order valence-electron chi connectivity index (χ4n) is 2.58. The van der Waals surface area contributed by atoms with Crippen LogP contribution >= 0.6 is 11.6 Å². The minimum atomic E-state index is -4.46. The molecule has 0 aliphatic rings. The summed E-state index contributed by atoms with van der Waals surface area (Å²) in [6.45, 7) is 1.84. The molecule has 3 N–H and O–H groups in total. The number of halogens is 4. The normalized spacial score (nSPS) is 15.8. The molecular weight excluding hydrogens is 339 g/mol. The number of benzene rings is 2. The molecule has 6 heteroatoms. The lowest BCUT2D eigenvalue weighted by molar-refractivity contribution is -0.137. The molecule has 0 fully saturated rings. The van der Waals surface area contributed by atoms with E-state index in [9.17, 15) is 18.3 Å². The molecule has 2 nitrogen and oxygen atoms in total. The number of nitrogens with two attached hydrogens (primary N) is 1. The lowest BCUT2D eigenvalue weighted by Gasteiger charge is -2.26. The Morgan fingerprint density at radius 3 is 2.42 bits per heavy atom. The zero-order chi connectivity index (χ0) is 17.9. The van der Waals surface area contributed by atoms with Crippen LogP contribution in [0.3, 0.4) is 0 Å². The molecule has 3 atom stereocenters. The Hall–Kier alpha value is -1.56. The highest BCUT2D eigenvalue weighted by molar-refractivity contribution is 6.31. The molecule has 1 unspecified atom stereocenters. The van der Waals surface area contributed by atoms with Crippen LogP contribution in [-0.4, -0.2) is 11.1 Å². The molecule has 0 spiro atoms. The summed E-state index contributed by atoms with van der Waals surface area (Å²) in [5.41, 5.74) is 6.32. The summed E-state index contributed by atoms with van der Waals surface area (Å²) in [4.78, 5) is 0. The van der Waals surface area contributed by atoms with Gasteiger partial charge in [0.05, 0.1) is 11.7 Å². The fraction of sp³-hybridized carbons (Fsp3) is 0.333. The molecule has 0 saturated carbocycles. The summed E-state index contributed by atoms with van der Waals surface area (Å²) in [6.07, 6.45) is -5.12. The second-order valence-corrected chi connectivity index (χ2v) is 6.33. The number of hydrogen-bond acceptors (Lipinski definition) is 2. The van der Waals surface area contributed by atoms with Crippen molar-refractivity contribution in [3.8, 4) is 0 Å². The predicted octanol–water partition coefficient (Wildman–Crippen LogP) is 4.60. The molecule has 0 heterocycles. The molecule has 2 aromatic rings. The van der Waals surface area contributed by atoms with Gasteiger partial charge in [0.2, 0.25) is 0 Å².